The summed E-state index contributed by atoms with van der Waals surface area (Å²) in [6, 6.07) is 1.55. The quantitative estimate of drug-likeness (QED) is 0.856. The van der Waals surface area contributed by atoms with Crippen molar-refractivity contribution in [2.45, 2.75) is 43.9 Å². The fraction of sp³-hybridized carbons (Fsp3) is 0.467. The summed E-state index contributed by atoms with van der Waals surface area (Å²) in [6.07, 6.45) is 8.91. The number of aromatic nitrogens is 2. The van der Waals surface area contributed by atoms with Crippen LogP contribution in [0.3, 0.4) is 0 Å². The predicted octanol–water partition coefficient (Wildman–Crippen LogP) is 2.70. The third-order valence-electron chi connectivity index (χ3n) is 3.92. The normalized spacial score (nSPS) is 16.0. The van der Waals surface area contributed by atoms with Crippen LogP contribution < -0.4 is 4.72 Å². The van der Waals surface area contributed by atoms with Crippen LogP contribution in [0, 0.1) is 6.92 Å². The van der Waals surface area contributed by atoms with Gasteiger partial charge in [0.25, 0.3) is 5.71 Å². The Morgan fingerprint density at radius 1 is 1.36 bits per heavy atom. The molecule has 22 heavy (non-hydrogen) atoms. The van der Waals surface area contributed by atoms with Crippen molar-refractivity contribution in [3.8, 4) is 0 Å². The summed E-state index contributed by atoms with van der Waals surface area (Å²) in [4.78, 5) is 4.15. The Morgan fingerprint density at radius 3 is 3.00 bits per heavy atom. The Kier molecular flexibility index (Phi) is 4.26. The molecule has 1 aliphatic rings. The van der Waals surface area contributed by atoms with Gasteiger partial charge in [0.1, 0.15) is 4.90 Å². The van der Waals surface area contributed by atoms with Gasteiger partial charge in [-0.3, -0.25) is 0 Å². The van der Waals surface area contributed by atoms with Gasteiger partial charge in [0.15, 0.2) is 0 Å². The first-order valence-electron chi connectivity index (χ1n) is 7.46. The molecule has 0 bridgehead atoms. The topological polar surface area (TPSA) is 85.1 Å². The van der Waals surface area contributed by atoms with Crippen LogP contribution in [-0.4, -0.2) is 25.1 Å². The summed E-state index contributed by atoms with van der Waals surface area (Å²) in [5, 5.41) is 4.41. The van der Waals surface area contributed by atoms with E-state index in [9.17, 15) is 8.42 Å². The van der Waals surface area contributed by atoms with Crippen molar-refractivity contribution in [1.29, 1.82) is 0 Å². The van der Waals surface area contributed by atoms with Gasteiger partial charge in [-0.15, -0.1) is 0 Å². The highest BCUT2D eigenvalue weighted by Crippen LogP contribution is 2.21. The molecule has 118 valence electrons. The first kappa shape index (κ1) is 15.2. The molecule has 2 heterocycles. The van der Waals surface area contributed by atoms with Gasteiger partial charge in [0.2, 0.25) is 10.0 Å². The van der Waals surface area contributed by atoms with Crippen molar-refractivity contribution >= 4 is 21.1 Å². The van der Waals surface area contributed by atoms with Crippen LogP contribution in [-0.2, 0) is 10.0 Å². The number of hydrogen-bond acceptors (Lipinski definition) is 5. The van der Waals surface area contributed by atoms with Gasteiger partial charge in [-0.05, 0) is 45.1 Å². The van der Waals surface area contributed by atoms with Crippen molar-refractivity contribution in [2.75, 3.05) is 6.54 Å². The molecule has 0 radical (unpaired) electrons. The number of allylic oxidation sites excluding steroid dienone is 1. The van der Waals surface area contributed by atoms with Crippen LogP contribution in [0.4, 0.5) is 0 Å². The summed E-state index contributed by atoms with van der Waals surface area (Å²) < 4.78 is 32.3. The number of nitrogens with one attached hydrogen (secondary N) is 1. The van der Waals surface area contributed by atoms with Gasteiger partial charge in [0.05, 0.1) is 17.3 Å². The molecule has 6 nitrogen and oxygen atoms in total. The molecule has 0 amide bonds. The second kappa shape index (κ2) is 6.18. The fourth-order valence-corrected chi connectivity index (χ4v) is 3.64. The molecule has 1 aliphatic carbocycles. The van der Waals surface area contributed by atoms with E-state index in [4.69, 9.17) is 4.52 Å². The minimum atomic E-state index is -3.56. The molecule has 0 saturated heterocycles. The molecule has 3 rings (SSSR count). The largest absolute Gasteiger partial charge is 0.336 e. The number of sulfonamides is 1. The summed E-state index contributed by atoms with van der Waals surface area (Å²) in [5.74, 6) is 0. The lowest BCUT2D eigenvalue weighted by atomic mass is 9.97. The van der Waals surface area contributed by atoms with E-state index in [2.05, 4.69) is 20.9 Å². The molecule has 0 aromatic carbocycles. The van der Waals surface area contributed by atoms with Crippen LogP contribution in [0.5, 0.6) is 0 Å². The van der Waals surface area contributed by atoms with Gasteiger partial charge in [0, 0.05) is 6.54 Å². The van der Waals surface area contributed by atoms with Crippen molar-refractivity contribution in [3.05, 3.63) is 29.6 Å². The molecule has 0 unspecified atom stereocenters. The van der Waals surface area contributed by atoms with Crippen LogP contribution in [0.25, 0.3) is 11.1 Å². The lowest BCUT2D eigenvalue weighted by molar-refractivity contribution is 0.442. The molecule has 0 aliphatic heterocycles. The fourth-order valence-electron chi connectivity index (χ4n) is 2.63. The number of aryl methyl sites for hydroxylation is 1. The predicted molar refractivity (Wildman–Crippen MR) is 82.9 cm³/mol. The van der Waals surface area contributed by atoms with Crippen molar-refractivity contribution in [1.82, 2.24) is 14.9 Å². The molecule has 0 saturated carbocycles. The van der Waals surface area contributed by atoms with E-state index in [0.717, 1.165) is 19.3 Å². The van der Waals surface area contributed by atoms with Gasteiger partial charge in [-0.2, -0.15) is 0 Å². The molecular formula is C15H19N3O3S. The number of fused-ring (bicyclic) bond motifs is 1. The second-order valence-electron chi connectivity index (χ2n) is 5.55. The Morgan fingerprint density at radius 2 is 2.23 bits per heavy atom. The lowest BCUT2D eigenvalue weighted by Crippen LogP contribution is -2.25. The highest BCUT2D eigenvalue weighted by atomic mass is 32.2. The zero-order chi connectivity index (χ0) is 15.6. The summed E-state index contributed by atoms with van der Waals surface area (Å²) >= 11 is 0. The number of pyridine rings is 1. The maximum absolute atomic E-state index is 12.3. The Bertz CT molecular complexity index is 809. The van der Waals surface area contributed by atoms with Gasteiger partial charge in [-0.1, -0.05) is 16.8 Å². The SMILES string of the molecule is Cc1noc2ncc(S(=O)(=O)NCCC3=CCCCC3)cc12. The van der Waals surface area contributed by atoms with Crippen LogP contribution in [0.1, 0.15) is 37.8 Å². The maximum Gasteiger partial charge on any atom is 0.257 e. The molecule has 2 aromatic rings. The van der Waals surface area contributed by atoms with E-state index in [0.29, 0.717) is 23.3 Å². The minimum absolute atomic E-state index is 0.143. The van der Waals surface area contributed by atoms with Crippen LogP contribution in [0.15, 0.2) is 33.3 Å². The molecular weight excluding hydrogens is 302 g/mol. The summed E-state index contributed by atoms with van der Waals surface area (Å²) in [6.45, 7) is 2.17. The summed E-state index contributed by atoms with van der Waals surface area (Å²) in [7, 11) is -3.56. The van der Waals surface area contributed by atoms with Gasteiger partial charge >= 0.3 is 0 Å². The first-order valence-corrected chi connectivity index (χ1v) is 8.94. The average molecular weight is 321 g/mol. The molecule has 0 atom stereocenters. The van der Waals surface area contributed by atoms with E-state index in [-0.39, 0.29) is 4.90 Å². The van der Waals surface area contributed by atoms with Crippen molar-refractivity contribution in [3.63, 3.8) is 0 Å². The first-order chi connectivity index (χ1) is 10.6. The minimum Gasteiger partial charge on any atom is -0.336 e. The number of nitrogens with zero attached hydrogens (tertiary/aromatic N) is 2. The summed E-state index contributed by atoms with van der Waals surface area (Å²) in [5.41, 5.74) is 2.33. The Balaban J connectivity index is 1.70. The zero-order valence-corrected chi connectivity index (χ0v) is 13.3. The smallest absolute Gasteiger partial charge is 0.257 e. The highest BCUT2D eigenvalue weighted by molar-refractivity contribution is 7.89. The molecule has 2 aromatic heterocycles. The lowest BCUT2D eigenvalue weighted by Gasteiger charge is -2.13. The van der Waals surface area contributed by atoms with Gasteiger partial charge < -0.3 is 4.52 Å². The van der Waals surface area contributed by atoms with E-state index in [1.807, 2.05) is 0 Å². The Labute approximate surface area is 129 Å². The monoisotopic (exact) mass is 321 g/mol. The van der Waals surface area contributed by atoms with Crippen molar-refractivity contribution < 1.29 is 12.9 Å². The molecule has 7 heteroatoms. The third kappa shape index (κ3) is 3.20. The average Bonchev–Trinajstić information content (AvgIpc) is 2.89. The van der Waals surface area contributed by atoms with Crippen LogP contribution in [0.2, 0.25) is 0 Å². The van der Waals surface area contributed by atoms with E-state index in [1.54, 1.807) is 13.0 Å². The highest BCUT2D eigenvalue weighted by Gasteiger charge is 2.17. The molecule has 1 N–H and O–H groups in total. The van der Waals surface area contributed by atoms with E-state index in [1.165, 1.54) is 24.6 Å². The van der Waals surface area contributed by atoms with E-state index < -0.39 is 10.0 Å². The second-order valence-corrected chi connectivity index (χ2v) is 7.31. The van der Waals surface area contributed by atoms with E-state index >= 15 is 0 Å². The Hall–Kier alpha value is -1.73. The maximum atomic E-state index is 12.3. The molecule has 0 fully saturated rings. The van der Waals surface area contributed by atoms with Crippen molar-refractivity contribution in [2.24, 2.45) is 0 Å². The molecule has 0 spiro atoms. The zero-order valence-electron chi connectivity index (χ0n) is 12.5. The number of rotatable bonds is 5. The van der Waals surface area contributed by atoms with Crippen LogP contribution >= 0.6 is 0 Å². The standard InChI is InChI=1S/C15H19N3O3S/c1-11-14-9-13(10-16-15(14)21-18-11)22(19,20)17-8-7-12-5-3-2-4-6-12/h5,9-10,17H,2-4,6-8H2,1H3. The third-order valence-corrected chi connectivity index (χ3v) is 5.35. The number of hydrogen-bond donors (Lipinski definition) is 1. The van der Waals surface area contributed by atoms with Gasteiger partial charge in [-0.25, -0.2) is 18.1 Å².